The quantitative estimate of drug-likeness (QED) is 0.831. The monoisotopic (exact) mass is 252 g/mol. The Morgan fingerprint density at radius 3 is 2.63 bits per heavy atom. The van der Waals surface area contributed by atoms with Crippen LogP contribution >= 0.6 is 0 Å². The molecule has 0 radical (unpaired) electrons. The number of benzene rings is 2. The fourth-order valence-corrected chi connectivity index (χ4v) is 1.94. The molecule has 0 saturated carbocycles. The average Bonchev–Trinajstić information content (AvgIpc) is 2.45. The summed E-state index contributed by atoms with van der Waals surface area (Å²) in [6.45, 7) is 2.11. The second kappa shape index (κ2) is 6.01. The van der Waals surface area contributed by atoms with Crippen molar-refractivity contribution < 1.29 is 9.90 Å². The number of aryl methyl sites for hydroxylation is 1. The molecule has 2 aromatic rings. The smallest absolute Gasteiger partial charge is 0.336 e. The predicted octanol–water partition coefficient (Wildman–Crippen LogP) is 4.12. The van der Waals surface area contributed by atoms with E-state index in [0.29, 0.717) is 5.56 Å². The van der Waals surface area contributed by atoms with Gasteiger partial charge in [0, 0.05) is 0 Å². The van der Waals surface area contributed by atoms with Gasteiger partial charge in [-0.1, -0.05) is 61.5 Å². The van der Waals surface area contributed by atoms with Crippen LogP contribution in [0.15, 0.2) is 48.5 Å². The van der Waals surface area contributed by atoms with Gasteiger partial charge in [0.15, 0.2) is 0 Å². The molecule has 0 atom stereocenters. The van der Waals surface area contributed by atoms with E-state index in [1.807, 2.05) is 36.4 Å². The van der Waals surface area contributed by atoms with Crippen molar-refractivity contribution in [1.82, 2.24) is 0 Å². The molecule has 0 aromatic heterocycles. The molecule has 0 aliphatic heterocycles. The van der Waals surface area contributed by atoms with Crippen molar-refractivity contribution in [3.05, 3.63) is 70.8 Å². The Hall–Kier alpha value is -2.35. The molecular formula is C17H16O2. The third-order valence-corrected chi connectivity index (χ3v) is 3.01. The highest BCUT2D eigenvalue weighted by Crippen LogP contribution is 2.14. The zero-order chi connectivity index (χ0) is 13.7. The van der Waals surface area contributed by atoms with E-state index < -0.39 is 5.97 Å². The Morgan fingerprint density at radius 1 is 1.11 bits per heavy atom. The zero-order valence-electron chi connectivity index (χ0n) is 10.8. The first-order valence-electron chi connectivity index (χ1n) is 6.30. The second-order valence-corrected chi connectivity index (χ2v) is 4.32. The SMILES string of the molecule is CCc1cccc(/C=C/c2ccccc2C(=O)O)c1. The van der Waals surface area contributed by atoms with E-state index in [1.165, 1.54) is 5.56 Å². The van der Waals surface area contributed by atoms with Gasteiger partial charge in [-0.3, -0.25) is 0 Å². The summed E-state index contributed by atoms with van der Waals surface area (Å²) in [7, 11) is 0. The maximum atomic E-state index is 11.1. The summed E-state index contributed by atoms with van der Waals surface area (Å²) in [6.07, 6.45) is 4.78. The maximum Gasteiger partial charge on any atom is 0.336 e. The number of hydrogen-bond acceptors (Lipinski definition) is 1. The van der Waals surface area contributed by atoms with E-state index in [0.717, 1.165) is 17.5 Å². The van der Waals surface area contributed by atoms with Gasteiger partial charge >= 0.3 is 5.97 Å². The van der Waals surface area contributed by atoms with Crippen LogP contribution < -0.4 is 0 Å². The van der Waals surface area contributed by atoms with Crippen molar-refractivity contribution in [1.29, 1.82) is 0 Å². The van der Waals surface area contributed by atoms with Crippen molar-refractivity contribution in [2.24, 2.45) is 0 Å². The summed E-state index contributed by atoms with van der Waals surface area (Å²) in [5.41, 5.74) is 3.40. The number of carboxylic acid groups (broad SMARTS) is 1. The molecule has 96 valence electrons. The Bertz CT molecular complexity index is 612. The third kappa shape index (κ3) is 3.32. The molecule has 0 heterocycles. The minimum atomic E-state index is -0.900. The molecule has 0 saturated heterocycles. The van der Waals surface area contributed by atoms with Crippen LogP contribution in [0.1, 0.15) is 34.0 Å². The number of rotatable bonds is 4. The highest BCUT2D eigenvalue weighted by molar-refractivity contribution is 5.93. The topological polar surface area (TPSA) is 37.3 Å². The molecule has 0 amide bonds. The summed E-state index contributed by atoms with van der Waals surface area (Å²) >= 11 is 0. The van der Waals surface area contributed by atoms with Crippen molar-refractivity contribution in [3.63, 3.8) is 0 Å². The lowest BCUT2D eigenvalue weighted by atomic mass is 10.0. The fraction of sp³-hybridized carbons (Fsp3) is 0.118. The van der Waals surface area contributed by atoms with Gasteiger partial charge in [0.25, 0.3) is 0 Å². The van der Waals surface area contributed by atoms with Crippen LogP contribution in [0, 0.1) is 0 Å². The van der Waals surface area contributed by atoms with Gasteiger partial charge in [-0.05, 0) is 29.2 Å². The van der Waals surface area contributed by atoms with E-state index in [-0.39, 0.29) is 0 Å². The molecule has 0 aliphatic rings. The largest absolute Gasteiger partial charge is 0.478 e. The Balaban J connectivity index is 2.30. The van der Waals surface area contributed by atoms with Crippen molar-refractivity contribution in [2.75, 3.05) is 0 Å². The van der Waals surface area contributed by atoms with Crippen LogP contribution in [0.2, 0.25) is 0 Å². The summed E-state index contributed by atoms with van der Waals surface area (Å²) in [5, 5.41) is 9.11. The maximum absolute atomic E-state index is 11.1. The van der Waals surface area contributed by atoms with E-state index >= 15 is 0 Å². The molecule has 2 aromatic carbocycles. The van der Waals surface area contributed by atoms with Gasteiger partial charge in [0.2, 0.25) is 0 Å². The highest BCUT2D eigenvalue weighted by Gasteiger charge is 2.05. The average molecular weight is 252 g/mol. The van der Waals surface area contributed by atoms with Crippen LogP contribution in [0.4, 0.5) is 0 Å². The number of hydrogen-bond donors (Lipinski definition) is 1. The molecule has 2 rings (SSSR count). The Labute approximate surface area is 113 Å². The van der Waals surface area contributed by atoms with Gasteiger partial charge in [0.05, 0.1) is 5.56 Å². The third-order valence-electron chi connectivity index (χ3n) is 3.01. The van der Waals surface area contributed by atoms with E-state index in [9.17, 15) is 4.79 Å². The zero-order valence-corrected chi connectivity index (χ0v) is 10.8. The summed E-state index contributed by atoms with van der Waals surface area (Å²) in [5.74, 6) is -0.900. The molecule has 1 N–H and O–H groups in total. The van der Waals surface area contributed by atoms with Gasteiger partial charge in [-0.15, -0.1) is 0 Å². The van der Waals surface area contributed by atoms with Crippen LogP contribution in [-0.2, 0) is 6.42 Å². The lowest BCUT2D eigenvalue weighted by molar-refractivity contribution is 0.0696. The van der Waals surface area contributed by atoms with Crippen LogP contribution in [0.25, 0.3) is 12.2 Å². The molecule has 2 nitrogen and oxygen atoms in total. The number of carbonyl (C=O) groups is 1. The summed E-state index contributed by atoms with van der Waals surface area (Å²) < 4.78 is 0. The molecule has 0 unspecified atom stereocenters. The molecule has 19 heavy (non-hydrogen) atoms. The van der Waals surface area contributed by atoms with E-state index in [1.54, 1.807) is 12.1 Å². The van der Waals surface area contributed by atoms with Gasteiger partial charge in [-0.2, -0.15) is 0 Å². The molecule has 0 fully saturated rings. The first-order chi connectivity index (χ1) is 9.20. The highest BCUT2D eigenvalue weighted by atomic mass is 16.4. The molecule has 0 aliphatic carbocycles. The van der Waals surface area contributed by atoms with Crippen LogP contribution in [0.3, 0.4) is 0 Å². The van der Waals surface area contributed by atoms with Crippen LogP contribution in [0.5, 0.6) is 0 Å². The summed E-state index contributed by atoms with van der Waals surface area (Å²) in [6, 6.07) is 15.2. The molecule has 0 spiro atoms. The Morgan fingerprint density at radius 2 is 1.89 bits per heavy atom. The summed E-state index contributed by atoms with van der Waals surface area (Å²) in [4.78, 5) is 11.1. The lowest BCUT2D eigenvalue weighted by Crippen LogP contribution is -1.98. The van der Waals surface area contributed by atoms with Crippen molar-refractivity contribution in [2.45, 2.75) is 13.3 Å². The van der Waals surface area contributed by atoms with Crippen LogP contribution in [-0.4, -0.2) is 11.1 Å². The normalized spacial score (nSPS) is 10.8. The van der Waals surface area contributed by atoms with Gasteiger partial charge < -0.3 is 5.11 Å². The van der Waals surface area contributed by atoms with Crippen molar-refractivity contribution in [3.8, 4) is 0 Å². The first-order valence-corrected chi connectivity index (χ1v) is 6.30. The first kappa shape index (κ1) is 13.1. The molecule has 2 heteroatoms. The van der Waals surface area contributed by atoms with E-state index in [4.69, 9.17) is 5.11 Å². The van der Waals surface area contributed by atoms with Gasteiger partial charge in [-0.25, -0.2) is 4.79 Å². The minimum absolute atomic E-state index is 0.324. The van der Waals surface area contributed by atoms with Crippen molar-refractivity contribution >= 4 is 18.1 Å². The van der Waals surface area contributed by atoms with E-state index in [2.05, 4.69) is 19.1 Å². The number of aromatic carboxylic acids is 1. The fourth-order valence-electron chi connectivity index (χ4n) is 1.94. The standard InChI is InChI=1S/C17H16O2/c1-2-13-6-5-7-14(12-13)10-11-15-8-3-4-9-16(15)17(18)19/h3-12H,2H2,1H3,(H,18,19)/b11-10+. The number of carboxylic acids is 1. The predicted molar refractivity (Wildman–Crippen MR) is 78.1 cm³/mol. The molecular weight excluding hydrogens is 236 g/mol. The lowest BCUT2D eigenvalue weighted by Gasteiger charge is -2.01. The second-order valence-electron chi connectivity index (χ2n) is 4.32. The minimum Gasteiger partial charge on any atom is -0.478 e. The van der Waals surface area contributed by atoms with Gasteiger partial charge in [0.1, 0.15) is 0 Å². The Kier molecular flexibility index (Phi) is 4.14. The molecule has 0 bridgehead atoms.